The lowest BCUT2D eigenvalue weighted by atomic mass is 9.78. The highest BCUT2D eigenvalue weighted by Gasteiger charge is 2.30. The second-order valence-electron chi connectivity index (χ2n) is 6.22. The molecule has 0 aromatic carbocycles. The molecule has 0 heterocycles. The van der Waals surface area contributed by atoms with E-state index in [1.807, 2.05) is 13.8 Å². The SMILES string of the molecule is CC.CCCCC(C)CC(C)C1CCCC1CC. The van der Waals surface area contributed by atoms with Gasteiger partial charge < -0.3 is 0 Å². The highest BCUT2D eigenvalue weighted by Crippen LogP contribution is 2.41. The molecule has 0 bridgehead atoms. The van der Waals surface area contributed by atoms with Crippen LogP contribution in [-0.2, 0) is 0 Å². The zero-order valence-corrected chi connectivity index (χ0v) is 14.0. The number of hydrogen-bond donors (Lipinski definition) is 0. The van der Waals surface area contributed by atoms with E-state index in [-0.39, 0.29) is 0 Å². The van der Waals surface area contributed by atoms with Gasteiger partial charge in [0.1, 0.15) is 0 Å². The first-order valence-electron chi connectivity index (χ1n) is 8.69. The van der Waals surface area contributed by atoms with Crippen LogP contribution in [0.5, 0.6) is 0 Å². The van der Waals surface area contributed by atoms with Crippen LogP contribution in [0, 0.1) is 23.7 Å². The van der Waals surface area contributed by atoms with Crippen molar-refractivity contribution < 1.29 is 0 Å². The van der Waals surface area contributed by atoms with Gasteiger partial charge in [0.2, 0.25) is 0 Å². The summed E-state index contributed by atoms with van der Waals surface area (Å²) in [5.74, 6) is 4.02. The summed E-state index contributed by atoms with van der Waals surface area (Å²) in [6.45, 7) is 13.7. The maximum absolute atomic E-state index is 2.51. The summed E-state index contributed by atoms with van der Waals surface area (Å²) in [7, 11) is 0. The normalized spacial score (nSPS) is 26.3. The van der Waals surface area contributed by atoms with Gasteiger partial charge >= 0.3 is 0 Å². The first kappa shape index (κ1) is 18.0. The molecule has 0 N–H and O–H groups in total. The maximum atomic E-state index is 2.51. The van der Waals surface area contributed by atoms with E-state index >= 15 is 0 Å². The van der Waals surface area contributed by atoms with E-state index < -0.39 is 0 Å². The zero-order valence-electron chi connectivity index (χ0n) is 14.0. The quantitative estimate of drug-likeness (QED) is 0.474. The molecule has 0 spiro atoms. The van der Waals surface area contributed by atoms with Gasteiger partial charge in [0.25, 0.3) is 0 Å². The molecule has 1 fully saturated rings. The Balaban J connectivity index is 0.00000137. The van der Waals surface area contributed by atoms with E-state index in [0.29, 0.717) is 0 Å². The lowest BCUT2D eigenvalue weighted by Gasteiger charge is -2.27. The molecule has 0 heteroatoms. The average Bonchev–Trinajstić information content (AvgIpc) is 2.87. The zero-order chi connectivity index (χ0) is 14.0. The van der Waals surface area contributed by atoms with Crippen molar-refractivity contribution in [3.63, 3.8) is 0 Å². The number of unbranched alkanes of at least 4 members (excludes halogenated alkanes) is 1. The molecule has 18 heavy (non-hydrogen) atoms. The van der Waals surface area contributed by atoms with Crippen LogP contribution in [0.15, 0.2) is 0 Å². The highest BCUT2D eigenvalue weighted by atomic mass is 14.4. The second kappa shape index (κ2) is 10.9. The summed E-state index contributed by atoms with van der Waals surface area (Å²) in [5, 5.41) is 0. The Hall–Kier alpha value is 0. The lowest BCUT2D eigenvalue weighted by molar-refractivity contribution is 0.229. The predicted molar refractivity (Wildman–Crippen MR) is 84.9 cm³/mol. The fraction of sp³-hybridized carbons (Fsp3) is 1.00. The molecule has 110 valence electrons. The predicted octanol–water partition coefficient (Wildman–Crippen LogP) is 6.69. The molecule has 1 aliphatic rings. The molecule has 0 amide bonds. The van der Waals surface area contributed by atoms with E-state index in [1.165, 1.54) is 51.4 Å². The Morgan fingerprint density at radius 2 is 1.72 bits per heavy atom. The average molecular weight is 255 g/mol. The van der Waals surface area contributed by atoms with Gasteiger partial charge in [-0.05, 0) is 36.5 Å². The first-order valence-corrected chi connectivity index (χ1v) is 8.69. The van der Waals surface area contributed by atoms with Gasteiger partial charge in [0.05, 0.1) is 0 Å². The van der Waals surface area contributed by atoms with E-state index in [0.717, 1.165) is 23.7 Å². The molecule has 4 atom stereocenters. The summed E-state index contributed by atoms with van der Waals surface area (Å²) in [4.78, 5) is 0. The van der Waals surface area contributed by atoms with Crippen molar-refractivity contribution >= 4 is 0 Å². The molecule has 1 rings (SSSR count). The smallest absolute Gasteiger partial charge is 0.0360 e. The van der Waals surface area contributed by atoms with Crippen LogP contribution in [0.1, 0.15) is 92.9 Å². The molecule has 0 nitrogen and oxygen atoms in total. The van der Waals surface area contributed by atoms with Gasteiger partial charge in [-0.1, -0.05) is 80.1 Å². The summed E-state index contributed by atoms with van der Waals surface area (Å²) in [6.07, 6.45) is 11.6. The van der Waals surface area contributed by atoms with Crippen molar-refractivity contribution in [1.29, 1.82) is 0 Å². The molecule has 1 aliphatic carbocycles. The van der Waals surface area contributed by atoms with Crippen molar-refractivity contribution in [2.75, 3.05) is 0 Å². The van der Waals surface area contributed by atoms with Gasteiger partial charge in [-0.3, -0.25) is 0 Å². The van der Waals surface area contributed by atoms with Gasteiger partial charge in [-0.15, -0.1) is 0 Å². The van der Waals surface area contributed by atoms with Crippen LogP contribution in [0.25, 0.3) is 0 Å². The van der Waals surface area contributed by atoms with Crippen molar-refractivity contribution in [1.82, 2.24) is 0 Å². The Bertz CT molecular complexity index is 173. The Labute approximate surface area is 117 Å². The third kappa shape index (κ3) is 6.25. The Morgan fingerprint density at radius 3 is 2.28 bits per heavy atom. The molecular formula is C18H38. The van der Waals surface area contributed by atoms with Crippen LogP contribution in [0.4, 0.5) is 0 Å². The third-order valence-corrected chi connectivity index (χ3v) is 4.80. The Kier molecular flexibility index (Phi) is 10.9. The lowest BCUT2D eigenvalue weighted by Crippen LogP contribution is -2.18. The molecule has 0 saturated heterocycles. The summed E-state index contributed by atoms with van der Waals surface area (Å²) in [6, 6.07) is 0. The summed E-state index contributed by atoms with van der Waals surface area (Å²) >= 11 is 0. The molecular weight excluding hydrogens is 216 g/mol. The van der Waals surface area contributed by atoms with Crippen LogP contribution in [0.3, 0.4) is 0 Å². The van der Waals surface area contributed by atoms with E-state index in [9.17, 15) is 0 Å². The van der Waals surface area contributed by atoms with Crippen LogP contribution in [0.2, 0.25) is 0 Å². The number of rotatable bonds is 7. The van der Waals surface area contributed by atoms with Gasteiger partial charge in [-0.2, -0.15) is 0 Å². The molecule has 0 aromatic heterocycles. The van der Waals surface area contributed by atoms with E-state index in [1.54, 1.807) is 0 Å². The van der Waals surface area contributed by atoms with Gasteiger partial charge in [0, 0.05) is 0 Å². The molecule has 0 aliphatic heterocycles. The van der Waals surface area contributed by atoms with E-state index in [4.69, 9.17) is 0 Å². The minimum absolute atomic E-state index is 0.952. The Morgan fingerprint density at radius 1 is 1.06 bits per heavy atom. The fourth-order valence-corrected chi connectivity index (χ4v) is 3.80. The van der Waals surface area contributed by atoms with Crippen LogP contribution >= 0.6 is 0 Å². The first-order chi connectivity index (χ1) is 8.69. The van der Waals surface area contributed by atoms with Crippen molar-refractivity contribution in [3.8, 4) is 0 Å². The van der Waals surface area contributed by atoms with Crippen LogP contribution in [-0.4, -0.2) is 0 Å². The molecule has 0 aromatic rings. The summed E-state index contributed by atoms with van der Waals surface area (Å²) in [5.41, 5.74) is 0. The highest BCUT2D eigenvalue weighted by molar-refractivity contribution is 4.81. The van der Waals surface area contributed by atoms with Crippen molar-refractivity contribution in [3.05, 3.63) is 0 Å². The maximum Gasteiger partial charge on any atom is -0.0360 e. The minimum Gasteiger partial charge on any atom is -0.0683 e. The fourth-order valence-electron chi connectivity index (χ4n) is 3.80. The van der Waals surface area contributed by atoms with Crippen molar-refractivity contribution in [2.45, 2.75) is 92.9 Å². The van der Waals surface area contributed by atoms with Gasteiger partial charge in [0.15, 0.2) is 0 Å². The minimum atomic E-state index is 0.952. The summed E-state index contributed by atoms with van der Waals surface area (Å²) < 4.78 is 0. The topological polar surface area (TPSA) is 0 Å². The molecule has 4 unspecified atom stereocenters. The number of hydrogen-bond acceptors (Lipinski definition) is 0. The van der Waals surface area contributed by atoms with Gasteiger partial charge in [-0.25, -0.2) is 0 Å². The second-order valence-corrected chi connectivity index (χ2v) is 6.22. The molecule has 0 radical (unpaired) electrons. The van der Waals surface area contributed by atoms with E-state index in [2.05, 4.69) is 27.7 Å². The van der Waals surface area contributed by atoms with Crippen LogP contribution < -0.4 is 0 Å². The standard InChI is InChI=1S/C16H32.C2H6/c1-5-7-9-13(3)12-14(4)16-11-8-10-15(16)6-2;1-2/h13-16H,5-12H2,1-4H3;1-2H3. The van der Waals surface area contributed by atoms with Crippen molar-refractivity contribution in [2.24, 2.45) is 23.7 Å². The monoisotopic (exact) mass is 254 g/mol. The third-order valence-electron chi connectivity index (χ3n) is 4.80. The largest absolute Gasteiger partial charge is 0.0683 e. The molecule has 1 saturated carbocycles.